The molecular weight excluding hydrogens is 382 g/mol. The lowest BCUT2D eigenvalue weighted by Gasteiger charge is -2.15. The van der Waals surface area contributed by atoms with Gasteiger partial charge in [0.15, 0.2) is 0 Å². The SMILES string of the molecule is Cc1ccc(NC(=O)c2cc([N+](=O)[O-])ccc2Cl)cc1S(=O)(=O)N(C)C. The topological polar surface area (TPSA) is 110 Å². The van der Waals surface area contributed by atoms with Gasteiger partial charge in [-0.15, -0.1) is 0 Å². The Bertz CT molecular complexity index is 989. The van der Waals surface area contributed by atoms with Crippen LogP contribution in [0, 0.1) is 17.0 Å². The second-order valence-corrected chi connectivity index (χ2v) is 8.17. The Balaban J connectivity index is 2.39. The fourth-order valence-corrected chi connectivity index (χ4v) is 3.50. The molecule has 0 aliphatic carbocycles. The largest absolute Gasteiger partial charge is 0.322 e. The van der Waals surface area contributed by atoms with E-state index in [2.05, 4.69) is 5.32 Å². The average Bonchev–Trinajstić information content (AvgIpc) is 2.56. The van der Waals surface area contributed by atoms with Crippen molar-refractivity contribution >= 4 is 38.9 Å². The number of carbonyl (C=O) groups is 1. The fraction of sp³-hybridized carbons (Fsp3) is 0.188. The monoisotopic (exact) mass is 397 g/mol. The quantitative estimate of drug-likeness (QED) is 0.615. The Kier molecular flexibility index (Phi) is 5.65. The predicted octanol–water partition coefficient (Wildman–Crippen LogP) is 3.06. The molecule has 0 atom stereocenters. The summed E-state index contributed by atoms with van der Waals surface area (Å²) in [6, 6.07) is 7.92. The van der Waals surface area contributed by atoms with E-state index in [1.54, 1.807) is 13.0 Å². The molecule has 0 saturated heterocycles. The number of benzene rings is 2. The van der Waals surface area contributed by atoms with E-state index in [-0.39, 0.29) is 26.9 Å². The fourth-order valence-electron chi connectivity index (χ4n) is 2.15. The third-order valence-electron chi connectivity index (χ3n) is 3.61. The molecule has 0 fully saturated rings. The number of nitro benzene ring substituents is 1. The van der Waals surface area contributed by atoms with E-state index in [0.717, 1.165) is 10.4 Å². The van der Waals surface area contributed by atoms with Gasteiger partial charge in [-0.3, -0.25) is 14.9 Å². The zero-order chi connectivity index (χ0) is 19.6. The molecule has 2 aromatic carbocycles. The molecule has 0 radical (unpaired) electrons. The molecule has 1 amide bonds. The van der Waals surface area contributed by atoms with E-state index in [0.29, 0.717) is 5.56 Å². The lowest BCUT2D eigenvalue weighted by atomic mass is 10.1. The Labute approximate surface area is 155 Å². The lowest BCUT2D eigenvalue weighted by molar-refractivity contribution is -0.384. The maximum Gasteiger partial charge on any atom is 0.270 e. The second-order valence-electron chi connectivity index (χ2n) is 5.64. The zero-order valence-corrected chi connectivity index (χ0v) is 15.8. The first kappa shape index (κ1) is 19.8. The van der Waals surface area contributed by atoms with Crippen LogP contribution in [0.2, 0.25) is 5.02 Å². The minimum atomic E-state index is -3.69. The van der Waals surface area contributed by atoms with Crippen molar-refractivity contribution < 1.29 is 18.1 Å². The number of nitrogens with one attached hydrogen (secondary N) is 1. The summed E-state index contributed by atoms with van der Waals surface area (Å²) in [5.74, 6) is -0.684. The van der Waals surface area contributed by atoms with Crippen molar-refractivity contribution in [1.82, 2.24) is 4.31 Å². The standard InChI is InChI=1S/C16H16ClN3O5S/c1-10-4-5-11(8-15(10)26(24,25)19(2)3)18-16(21)13-9-12(20(22)23)6-7-14(13)17/h4-9H,1-3H3,(H,18,21). The van der Waals surface area contributed by atoms with Crippen molar-refractivity contribution in [3.63, 3.8) is 0 Å². The van der Waals surface area contributed by atoms with Gasteiger partial charge in [-0.05, 0) is 30.7 Å². The van der Waals surface area contributed by atoms with Gasteiger partial charge in [0.1, 0.15) is 0 Å². The van der Waals surface area contributed by atoms with Gasteiger partial charge in [-0.1, -0.05) is 17.7 Å². The van der Waals surface area contributed by atoms with E-state index in [1.807, 2.05) is 0 Å². The summed E-state index contributed by atoms with van der Waals surface area (Å²) in [5, 5.41) is 13.4. The van der Waals surface area contributed by atoms with Crippen LogP contribution in [0.25, 0.3) is 0 Å². The van der Waals surface area contributed by atoms with Gasteiger partial charge in [-0.25, -0.2) is 12.7 Å². The molecule has 26 heavy (non-hydrogen) atoms. The highest BCUT2D eigenvalue weighted by Crippen LogP contribution is 2.25. The third kappa shape index (κ3) is 4.01. The number of anilines is 1. The Morgan fingerprint density at radius 3 is 2.42 bits per heavy atom. The number of hydrogen-bond acceptors (Lipinski definition) is 5. The van der Waals surface area contributed by atoms with Crippen LogP contribution in [0.1, 0.15) is 15.9 Å². The van der Waals surface area contributed by atoms with E-state index in [9.17, 15) is 23.3 Å². The summed E-state index contributed by atoms with van der Waals surface area (Å²) in [6.07, 6.45) is 0. The smallest absolute Gasteiger partial charge is 0.270 e. The van der Waals surface area contributed by atoms with Gasteiger partial charge in [0.05, 0.1) is 20.4 Å². The normalized spacial score (nSPS) is 11.4. The number of rotatable bonds is 5. The lowest BCUT2D eigenvalue weighted by Crippen LogP contribution is -2.23. The molecule has 0 spiro atoms. The van der Waals surface area contributed by atoms with Gasteiger partial charge in [0, 0.05) is 31.9 Å². The summed E-state index contributed by atoms with van der Waals surface area (Å²) in [6.45, 7) is 1.64. The van der Waals surface area contributed by atoms with Gasteiger partial charge >= 0.3 is 0 Å². The number of nitro groups is 1. The molecule has 0 aliphatic heterocycles. The number of non-ortho nitro benzene ring substituents is 1. The molecule has 2 rings (SSSR count). The van der Waals surface area contributed by atoms with Gasteiger partial charge in [0.25, 0.3) is 11.6 Å². The molecule has 138 valence electrons. The van der Waals surface area contributed by atoms with E-state index in [4.69, 9.17) is 11.6 Å². The van der Waals surface area contributed by atoms with Crippen molar-refractivity contribution in [3.05, 3.63) is 62.7 Å². The first-order valence-corrected chi connectivity index (χ1v) is 9.14. The highest BCUT2D eigenvalue weighted by Gasteiger charge is 2.21. The second kappa shape index (κ2) is 7.40. The predicted molar refractivity (Wildman–Crippen MR) is 98.1 cm³/mol. The van der Waals surface area contributed by atoms with Crippen LogP contribution in [-0.2, 0) is 10.0 Å². The minimum absolute atomic E-state index is 0.0429. The minimum Gasteiger partial charge on any atom is -0.322 e. The summed E-state index contributed by atoms with van der Waals surface area (Å²) < 4.78 is 25.8. The van der Waals surface area contributed by atoms with Gasteiger partial charge in [0.2, 0.25) is 10.0 Å². The van der Waals surface area contributed by atoms with Crippen LogP contribution in [0.15, 0.2) is 41.3 Å². The van der Waals surface area contributed by atoms with Crippen molar-refractivity contribution in [2.45, 2.75) is 11.8 Å². The third-order valence-corrected chi connectivity index (χ3v) is 5.90. The molecule has 0 heterocycles. The first-order chi connectivity index (χ1) is 12.0. The number of sulfonamides is 1. The maximum atomic E-state index is 12.4. The number of halogens is 1. The van der Waals surface area contributed by atoms with Crippen molar-refractivity contribution in [2.24, 2.45) is 0 Å². The highest BCUT2D eigenvalue weighted by atomic mass is 35.5. The molecule has 1 N–H and O–H groups in total. The van der Waals surface area contributed by atoms with Crippen LogP contribution in [0.4, 0.5) is 11.4 Å². The molecule has 0 unspecified atom stereocenters. The summed E-state index contributed by atoms with van der Waals surface area (Å²) in [5.41, 5.74) is 0.381. The first-order valence-electron chi connectivity index (χ1n) is 7.32. The number of aryl methyl sites for hydroxylation is 1. The van der Waals surface area contributed by atoms with E-state index >= 15 is 0 Å². The molecule has 0 bridgehead atoms. The van der Waals surface area contributed by atoms with Crippen molar-refractivity contribution in [3.8, 4) is 0 Å². The molecule has 10 heteroatoms. The Hall–Kier alpha value is -2.49. The van der Waals surface area contributed by atoms with E-state index in [1.165, 1.54) is 38.4 Å². The molecule has 8 nitrogen and oxygen atoms in total. The average molecular weight is 398 g/mol. The number of hydrogen-bond donors (Lipinski definition) is 1. The summed E-state index contributed by atoms with van der Waals surface area (Å²) in [4.78, 5) is 22.7. The van der Waals surface area contributed by atoms with Crippen molar-refractivity contribution in [2.75, 3.05) is 19.4 Å². The summed E-state index contributed by atoms with van der Waals surface area (Å²) in [7, 11) is -0.879. The van der Waals surface area contributed by atoms with Crippen LogP contribution in [0.5, 0.6) is 0 Å². The molecule has 2 aromatic rings. The van der Waals surface area contributed by atoms with Crippen LogP contribution < -0.4 is 5.32 Å². The molecule has 0 saturated carbocycles. The number of amides is 1. The summed E-state index contributed by atoms with van der Waals surface area (Å²) >= 11 is 5.95. The number of carbonyl (C=O) groups excluding carboxylic acids is 1. The molecule has 0 aromatic heterocycles. The number of nitrogens with zero attached hydrogens (tertiary/aromatic N) is 2. The Morgan fingerprint density at radius 2 is 1.85 bits per heavy atom. The van der Waals surface area contributed by atoms with Crippen molar-refractivity contribution in [1.29, 1.82) is 0 Å². The zero-order valence-electron chi connectivity index (χ0n) is 14.2. The highest BCUT2D eigenvalue weighted by molar-refractivity contribution is 7.89. The molecular formula is C16H16ClN3O5S. The maximum absolute atomic E-state index is 12.4. The molecule has 0 aliphatic rings. The van der Waals surface area contributed by atoms with Gasteiger partial charge in [-0.2, -0.15) is 0 Å². The van der Waals surface area contributed by atoms with Crippen LogP contribution in [0.3, 0.4) is 0 Å². The Morgan fingerprint density at radius 1 is 1.19 bits per heavy atom. The van der Waals surface area contributed by atoms with Crippen LogP contribution >= 0.6 is 11.6 Å². The van der Waals surface area contributed by atoms with Gasteiger partial charge < -0.3 is 5.32 Å². The van der Waals surface area contributed by atoms with Crippen LogP contribution in [-0.4, -0.2) is 37.6 Å². The van der Waals surface area contributed by atoms with E-state index < -0.39 is 20.9 Å².